The van der Waals surface area contributed by atoms with E-state index in [0.29, 0.717) is 6.42 Å². The van der Waals surface area contributed by atoms with Crippen LogP contribution in [0, 0.1) is 0 Å². The van der Waals surface area contributed by atoms with Crippen LogP contribution >= 0.6 is 0 Å². The second kappa shape index (κ2) is 4.91. The molecule has 22 heavy (non-hydrogen) atoms. The van der Waals surface area contributed by atoms with Crippen LogP contribution in [0.2, 0.25) is 0 Å². The van der Waals surface area contributed by atoms with E-state index < -0.39 is 9.84 Å². The van der Waals surface area contributed by atoms with Crippen LogP contribution in [-0.4, -0.2) is 34.5 Å². The largest absolute Gasteiger partial charge is 0.327 e. The minimum absolute atomic E-state index is 0.0212. The van der Waals surface area contributed by atoms with Crippen molar-refractivity contribution in [3.63, 3.8) is 0 Å². The lowest BCUT2D eigenvalue weighted by Crippen LogP contribution is -2.11. The molecule has 3 aromatic rings. The van der Waals surface area contributed by atoms with Gasteiger partial charge in [0.15, 0.2) is 9.84 Å². The number of hydrogen-bond donors (Lipinski definition) is 0. The van der Waals surface area contributed by atoms with Crippen LogP contribution in [0.15, 0.2) is 48.9 Å². The highest BCUT2D eigenvalue weighted by Gasteiger charge is 2.30. The third-order valence-electron chi connectivity index (χ3n) is 4.13. The Hall–Kier alpha value is -2.21. The van der Waals surface area contributed by atoms with E-state index >= 15 is 0 Å². The summed E-state index contributed by atoms with van der Waals surface area (Å²) in [7, 11) is -2.91. The van der Waals surface area contributed by atoms with Gasteiger partial charge in [-0.15, -0.1) is 0 Å². The molecule has 3 heterocycles. The van der Waals surface area contributed by atoms with Gasteiger partial charge in [-0.2, -0.15) is 0 Å². The summed E-state index contributed by atoms with van der Waals surface area (Å²) >= 11 is 0. The average Bonchev–Trinajstić information content (AvgIpc) is 3.13. The number of benzene rings is 1. The molecular formula is C16H15N3O2S. The molecule has 4 rings (SSSR count). The summed E-state index contributed by atoms with van der Waals surface area (Å²) in [6.07, 6.45) is 6.02. The fourth-order valence-corrected chi connectivity index (χ4v) is 4.75. The van der Waals surface area contributed by atoms with Gasteiger partial charge in [0.25, 0.3) is 0 Å². The van der Waals surface area contributed by atoms with Gasteiger partial charge in [0, 0.05) is 29.5 Å². The highest BCUT2D eigenvalue weighted by Crippen LogP contribution is 2.29. The molecule has 1 saturated heterocycles. The molecule has 0 amide bonds. The summed E-state index contributed by atoms with van der Waals surface area (Å²) in [5, 5.41) is 1.05. The van der Waals surface area contributed by atoms with Crippen molar-refractivity contribution in [1.29, 1.82) is 0 Å². The van der Waals surface area contributed by atoms with E-state index in [0.717, 1.165) is 22.3 Å². The predicted octanol–water partition coefficient (Wildman–Crippen LogP) is 2.46. The van der Waals surface area contributed by atoms with Crippen molar-refractivity contribution >= 4 is 20.7 Å². The van der Waals surface area contributed by atoms with Crippen molar-refractivity contribution < 1.29 is 8.42 Å². The lowest BCUT2D eigenvalue weighted by atomic mass is 10.1. The Balaban J connectivity index is 1.78. The van der Waals surface area contributed by atoms with Crippen molar-refractivity contribution in [3.8, 4) is 11.4 Å². The van der Waals surface area contributed by atoms with E-state index in [9.17, 15) is 8.42 Å². The highest BCUT2D eigenvalue weighted by molar-refractivity contribution is 7.91. The van der Waals surface area contributed by atoms with E-state index in [2.05, 4.69) is 9.97 Å². The zero-order valence-corrected chi connectivity index (χ0v) is 12.7. The Labute approximate surface area is 128 Å². The Morgan fingerprint density at radius 1 is 1.14 bits per heavy atom. The van der Waals surface area contributed by atoms with Crippen LogP contribution in [0.5, 0.6) is 0 Å². The molecule has 1 fully saturated rings. The number of pyridine rings is 1. The van der Waals surface area contributed by atoms with Gasteiger partial charge in [-0.05, 0) is 30.7 Å². The van der Waals surface area contributed by atoms with E-state index in [-0.39, 0.29) is 17.5 Å². The molecule has 6 heteroatoms. The first kappa shape index (κ1) is 13.5. The first-order valence-electron chi connectivity index (χ1n) is 7.21. The molecule has 1 aliphatic heterocycles. The topological polar surface area (TPSA) is 64.8 Å². The van der Waals surface area contributed by atoms with Gasteiger partial charge < -0.3 is 4.57 Å². The van der Waals surface area contributed by atoms with Gasteiger partial charge in [-0.3, -0.25) is 4.98 Å². The molecule has 0 saturated carbocycles. The third-order valence-corrected chi connectivity index (χ3v) is 5.88. The van der Waals surface area contributed by atoms with E-state index in [1.165, 1.54) is 0 Å². The van der Waals surface area contributed by atoms with E-state index in [4.69, 9.17) is 0 Å². The molecule has 0 radical (unpaired) electrons. The molecular weight excluding hydrogens is 298 g/mol. The summed E-state index contributed by atoms with van der Waals surface area (Å²) in [5.41, 5.74) is 1.92. The molecule has 0 spiro atoms. The average molecular weight is 313 g/mol. The van der Waals surface area contributed by atoms with Crippen LogP contribution in [0.3, 0.4) is 0 Å². The first-order chi connectivity index (χ1) is 10.6. The number of hydrogen-bond acceptors (Lipinski definition) is 4. The smallest absolute Gasteiger partial charge is 0.152 e. The fraction of sp³-hybridized carbons (Fsp3) is 0.250. The molecule has 0 bridgehead atoms. The number of fused-ring (bicyclic) bond motifs is 1. The Morgan fingerprint density at radius 3 is 2.86 bits per heavy atom. The minimum atomic E-state index is -2.91. The second-order valence-electron chi connectivity index (χ2n) is 5.63. The van der Waals surface area contributed by atoms with Gasteiger partial charge in [0.05, 0.1) is 23.1 Å². The second-order valence-corrected chi connectivity index (χ2v) is 7.85. The molecule has 1 atom stereocenters. The maximum Gasteiger partial charge on any atom is 0.152 e. The minimum Gasteiger partial charge on any atom is -0.327 e. The molecule has 112 valence electrons. The normalized spacial score (nSPS) is 20.5. The first-order valence-corrected chi connectivity index (χ1v) is 9.03. The number of aromatic nitrogens is 3. The summed E-state index contributed by atoms with van der Waals surface area (Å²) in [6, 6.07) is 9.89. The molecule has 0 aliphatic carbocycles. The van der Waals surface area contributed by atoms with Crippen LogP contribution in [0.4, 0.5) is 0 Å². The quantitative estimate of drug-likeness (QED) is 0.729. The summed E-state index contributed by atoms with van der Waals surface area (Å²) in [6.45, 7) is 0. The summed E-state index contributed by atoms with van der Waals surface area (Å²) in [5.74, 6) is 1.27. The number of imidazole rings is 1. The van der Waals surface area contributed by atoms with Gasteiger partial charge in [-0.25, -0.2) is 13.4 Å². The van der Waals surface area contributed by atoms with Gasteiger partial charge in [-0.1, -0.05) is 6.07 Å². The summed E-state index contributed by atoms with van der Waals surface area (Å²) in [4.78, 5) is 8.75. The van der Waals surface area contributed by atoms with Gasteiger partial charge in [0.1, 0.15) is 5.82 Å². The lowest BCUT2D eigenvalue weighted by Gasteiger charge is -2.14. The van der Waals surface area contributed by atoms with E-state index in [1.54, 1.807) is 12.4 Å². The van der Waals surface area contributed by atoms with Crippen LogP contribution in [-0.2, 0) is 9.84 Å². The number of nitrogens with zero attached hydrogens (tertiary/aromatic N) is 3. The van der Waals surface area contributed by atoms with Crippen molar-refractivity contribution in [2.45, 2.75) is 12.5 Å². The van der Waals surface area contributed by atoms with Crippen molar-refractivity contribution in [3.05, 3.63) is 48.9 Å². The highest BCUT2D eigenvalue weighted by atomic mass is 32.2. The Morgan fingerprint density at radius 2 is 2.05 bits per heavy atom. The molecule has 2 aromatic heterocycles. The molecule has 0 N–H and O–H groups in total. The number of rotatable bonds is 2. The fourth-order valence-electron chi connectivity index (χ4n) is 3.04. The molecule has 5 nitrogen and oxygen atoms in total. The van der Waals surface area contributed by atoms with Crippen molar-refractivity contribution in [1.82, 2.24) is 14.5 Å². The van der Waals surface area contributed by atoms with E-state index in [1.807, 2.05) is 41.1 Å². The molecule has 1 aromatic carbocycles. The van der Waals surface area contributed by atoms with Crippen molar-refractivity contribution in [2.24, 2.45) is 0 Å². The zero-order chi connectivity index (χ0) is 15.2. The van der Waals surface area contributed by atoms with Crippen LogP contribution in [0.1, 0.15) is 12.5 Å². The predicted molar refractivity (Wildman–Crippen MR) is 85.3 cm³/mol. The van der Waals surface area contributed by atoms with Gasteiger partial charge in [0.2, 0.25) is 0 Å². The molecule has 1 aliphatic rings. The van der Waals surface area contributed by atoms with Crippen molar-refractivity contribution in [2.75, 3.05) is 11.5 Å². The third kappa shape index (κ3) is 2.29. The number of sulfone groups is 1. The Kier molecular flexibility index (Phi) is 3.00. The standard InChI is InChI=1S/C16H15N3O2S/c20-22(21)9-5-14(11-22)19-8-7-18-16(19)13-3-4-15-12(10-13)2-1-6-17-15/h1-4,6-8,10,14H,5,9,11H2. The van der Waals surface area contributed by atoms with Crippen LogP contribution < -0.4 is 0 Å². The Bertz CT molecular complexity index is 947. The lowest BCUT2D eigenvalue weighted by molar-refractivity contribution is 0.560. The summed E-state index contributed by atoms with van der Waals surface area (Å²) < 4.78 is 25.4. The monoisotopic (exact) mass is 313 g/mol. The molecule has 1 unspecified atom stereocenters. The van der Waals surface area contributed by atoms with Crippen LogP contribution in [0.25, 0.3) is 22.3 Å². The maximum atomic E-state index is 11.7. The maximum absolute atomic E-state index is 11.7. The zero-order valence-electron chi connectivity index (χ0n) is 11.9. The van der Waals surface area contributed by atoms with Gasteiger partial charge >= 0.3 is 0 Å². The SMILES string of the molecule is O=S1(=O)CCC(n2ccnc2-c2ccc3ncccc3c2)C1.